The van der Waals surface area contributed by atoms with E-state index in [0.29, 0.717) is 6.04 Å². The third kappa shape index (κ3) is 5.75. The summed E-state index contributed by atoms with van der Waals surface area (Å²) in [4.78, 5) is 8.49. The molecule has 1 aromatic heterocycles. The molecule has 0 saturated carbocycles. The molecular formula is C13H23N3O. The molecule has 0 amide bonds. The smallest absolute Gasteiger partial charge is 0.0756 e. The third-order valence-electron chi connectivity index (χ3n) is 2.57. The van der Waals surface area contributed by atoms with Crippen molar-refractivity contribution in [3.8, 4) is 0 Å². The first-order chi connectivity index (χ1) is 8.38. The first kappa shape index (κ1) is 14.1. The number of hydrogen-bond acceptors (Lipinski definition) is 4. The number of ether oxygens (including phenoxy) is 1. The first-order valence-electron chi connectivity index (χ1n) is 6.45. The SMILES string of the molecule is CCCNC(CCCOCC)c1cnccn1. The number of nitrogens with zero attached hydrogens (tertiary/aromatic N) is 2. The minimum atomic E-state index is 0.295. The molecule has 0 aromatic carbocycles. The molecule has 1 atom stereocenters. The van der Waals surface area contributed by atoms with Crippen molar-refractivity contribution in [2.24, 2.45) is 0 Å². The molecule has 4 heteroatoms. The number of hydrogen-bond donors (Lipinski definition) is 1. The zero-order chi connectivity index (χ0) is 12.3. The lowest BCUT2D eigenvalue weighted by molar-refractivity contribution is 0.140. The van der Waals surface area contributed by atoms with Gasteiger partial charge in [0.05, 0.1) is 11.7 Å². The van der Waals surface area contributed by atoms with Gasteiger partial charge in [-0.2, -0.15) is 0 Å². The van der Waals surface area contributed by atoms with E-state index in [1.165, 1.54) is 0 Å². The first-order valence-corrected chi connectivity index (χ1v) is 6.45. The van der Waals surface area contributed by atoms with Crippen LogP contribution in [0.2, 0.25) is 0 Å². The van der Waals surface area contributed by atoms with Crippen LogP contribution in [0.4, 0.5) is 0 Å². The molecule has 0 bridgehead atoms. The molecule has 96 valence electrons. The van der Waals surface area contributed by atoms with E-state index < -0.39 is 0 Å². The molecule has 0 aliphatic rings. The molecule has 17 heavy (non-hydrogen) atoms. The molecule has 1 aromatic rings. The van der Waals surface area contributed by atoms with Crippen LogP contribution >= 0.6 is 0 Å². The van der Waals surface area contributed by atoms with Crippen molar-refractivity contribution in [1.82, 2.24) is 15.3 Å². The van der Waals surface area contributed by atoms with Crippen LogP contribution in [0.1, 0.15) is 44.8 Å². The predicted molar refractivity (Wildman–Crippen MR) is 68.8 cm³/mol. The summed E-state index contributed by atoms with van der Waals surface area (Å²) in [6, 6.07) is 0.295. The van der Waals surface area contributed by atoms with Crippen LogP contribution in [-0.2, 0) is 4.74 Å². The summed E-state index contributed by atoms with van der Waals surface area (Å²) in [5.74, 6) is 0. The molecule has 0 spiro atoms. The van der Waals surface area contributed by atoms with Gasteiger partial charge in [-0.1, -0.05) is 6.92 Å². The van der Waals surface area contributed by atoms with Crippen molar-refractivity contribution in [2.75, 3.05) is 19.8 Å². The maximum Gasteiger partial charge on any atom is 0.0756 e. The Balaban J connectivity index is 2.43. The molecule has 4 nitrogen and oxygen atoms in total. The number of aromatic nitrogens is 2. The van der Waals surface area contributed by atoms with E-state index in [1.54, 1.807) is 12.4 Å². The van der Waals surface area contributed by atoms with Gasteiger partial charge >= 0.3 is 0 Å². The molecule has 0 fully saturated rings. The lowest BCUT2D eigenvalue weighted by Gasteiger charge is -2.17. The lowest BCUT2D eigenvalue weighted by atomic mass is 10.1. The molecular weight excluding hydrogens is 214 g/mol. The van der Waals surface area contributed by atoms with Crippen molar-refractivity contribution >= 4 is 0 Å². The largest absolute Gasteiger partial charge is 0.382 e. The van der Waals surface area contributed by atoms with Gasteiger partial charge in [0.1, 0.15) is 0 Å². The van der Waals surface area contributed by atoms with Crippen LogP contribution in [0, 0.1) is 0 Å². The van der Waals surface area contributed by atoms with Crippen LogP contribution in [0.3, 0.4) is 0 Å². The van der Waals surface area contributed by atoms with Crippen molar-refractivity contribution in [2.45, 2.75) is 39.2 Å². The Hall–Kier alpha value is -1.00. The summed E-state index contributed by atoms with van der Waals surface area (Å²) in [6.45, 7) is 6.81. The maximum atomic E-state index is 5.36. The van der Waals surface area contributed by atoms with Crippen LogP contribution in [0.15, 0.2) is 18.6 Å². The van der Waals surface area contributed by atoms with E-state index in [-0.39, 0.29) is 0 Å². The Bertz CT molecular complexity index is 279. The van der Waals surface area contributed by atoms with Gasteiger partial charge in [-0.3, -0.25) is 9.97 Å². The molecule has 0 aliphatic heterocycles. The van der Waals surface area contributed by atoms with Crippen LogP contribution in [0.25, 0.3) is 0 Å². The molecule has 0 saturated heterocycles. The van der Waals surface area contributed by atoms with Crippen LogP contribution in [0.5, 0.6) is 0 Å². The minimum absolute atomic E-state index is 0.295. The summed E-state index contributed by atoms with van der Waals surface area (Å²) < 4.78 is 5.36. The van der Waals surface area contributed by atoms with Crippen molar-refractivity contribution in [3.63, 3.8) is 0 Å². The fourth-order valence-corrected chi connectivity index (χ4v) is 1.70. The molecule has 0 aliphatic carbocycles. The summed E-state index contributed by atoms with van der Waals surface area (Å²) in [7, 11) is 0. The maximum absolute atomic E-state index is 5.36. The van der Waals surface area contributed by atoms with Crippen LogP contribution < -0.4 is 5.32 Å². The number of rotatable bonds is 9. The fourth-order valence-electron chi connectivity index (χ4n) is 1.70. The molecule has 1 rings (SSSR count). The Morgan fingerprint density at radius 1 is 1.35 bits per heavy atom. The summed E-state index contributed by atoms with van der Waals surface area (Å²) in [6.07, 6.45) is 8.51. The van der Waals surface area contributed by atoms with Gasteiger partial charge in [-0.15, -0.1) is 0 Å². The average Bonchev–Trinajstić information content (AvgIpc) is 2.39. The second-order valence-electron chi connectivity index (χ2n) is 3.98. The monoisotopic (exact) mass is 237 g/mol. The summed E-state index contributed by atoms with van der Waals surface area (Å²) in [5.41, 5.74) is 1.03. The van der Waals surface area contributed by atoms with Gasteiger partial charge in [-0.25, -0.2) is 0 Å². The van der Waals surface area contributed by atoms with Gasteiger partial charge in [0.15, 0.2) is 0 Å². The van der Waals surface area contributed by atoms with E-state index in [4.69, 9.17) is 4.74 Å². The zero-order valence-electron chi connectivity index (χ0n) is 10.9. The zero-order valence-corrected chi connectivity index (χ0v) is 10.9. The predicted octanol–water partition coefficient (Wildman–Crippen LogP) is 2.33. The minimum Gasteiger partial charge on any atom is -0.382 e. The highest BCUT2D eigenvalue weighted by atomic mass is 16.5. The molecule has 1 heterocycles. The topological polar surface area (TPSA) is 47.0 Å². The lowest BCUT2D eigenvalue weighted by Crippen LogP contribution is -2.23. The summed E-state index contributed by atoms with van der Waals surface area (Å²) in [5, 5.41) is 3.50. The highest BCUT2D eigenvalue weighted by molar-refractivity contribution is 5.01. The van der Waals surface area contributed by atoms with E-state index >= 15 is 0 Å². The van der Waals surface area contributed by atoms with Crippen molar-refractivity contribution in [3.05, 3.63) is 24.3 Å². The Labute approximate surface area is 104 Å². The third-order valence-corrected chi connectivity index (χ3v) is 2.57. The Morgan fingerprint density at radius 2 is 2.24 bits per heavy atom. The normalized spacial score (nSPS) is 12.6. The second-order valence-corrected chi connectivity index (χ2v) is 3.98. The molecule has 1 N–H and O–H groups in total. The van der Waals surface area contributed by atoms with E-state index in [9.17, 15) is 0 Å². The van der Waals surface area contributed by atoms with E-state index in [2.05, 4.69) is 22.2 Å². The van der Waals surface area contributed by atoms with E-state index in [0.717, 1.165) is 44.7 Å². The fraction of sp³-hybridized carbons (Fsp3) is 0.692. The quantitative estimate of drug-likeness (QED) is 0.670. The molecule has 0 radical (unpaired) electrons. The standard InChI is InChI=1S/C13H23N3O/c1-3-7-15-12(6-5-10-17-4-2)13-11-14-8-9-16-13/h8-9,11-12,15H,3-7,10H2,1-2H3. The van der Waals surface area contributed by atoms with Gasteiger partial charge < -0.3 is 10.1 Å². The van der Waals surface area contributed by atoms with Gasteiger partial charge in [-0.05, 0) is 32.7 Å². The van der Waals surface area contributed by atoms with Crippen molar-refractivity contribution < 1.29 is 4.74 Å². The van der Waals surface area contributed by atoms with Crippen molar-refractivity contribution in [1.29, 1.82) is 0 Å². The van der Waals surface area contributed by atoms with Gasteiger partial charge in [0, 0.05) is 31.8 Å². The number of nitrogens with one attached hydrogen (secondary N) is 1. The Morgan fingerprint density at radius 3 is 2.88 bits per heavy atom. The van der Waals surface area contributed by atoms with Crippen LogP contribution in [-0.4, -0.2) is 29.7 Å². The van der Waals surface area contributed by atoms with Gasteiger partial charge in [0.2, 0.25) is 0 Å². The second kappa shape index (κ2) is 9.07. The molecule has 1 unspecified atom stereocenters. The highest BCUT2D eigenvalue weighted by Crippen LogP contribution is 2.15. The van der Waals surface area contributed by atoms with E-state index in [1.807, 2.05) is 13.1 Å². The van der Waals surface area contributed by atoms with Gasteiger partial charge in [0.25, 0.3) is 0 Å². The highest BCUT2D eigenvalue weighted by Gasteiger charge is 2.11. The average molecular weight is 237 g/mol. The Kier molecular flexibility index (Phi) is 7.51. The summed E-state index contributed by atoms with van der Waals surface area (Å²) >= 11 is 0.